The molecule has 0 aromatic heterocycles. The molecule has 1 rings (SSSR count). The monoisotopic (exact) mass is 300 g/mol. The van der Waals surface area contributed by atoms with Crippen LogP contribution in [0.1, 0.15) is 58.8 Å². The Morgan fingerprint density at radius 2 is 1.81 bits per heavy atom. The molecule has 0 unspecified atom stereocenters. The van der Waals surface area contributed by atoms with Gasteiger partial charge >= 0.3 is 12.0 Å². The fourth-order valence-corrected chi connectivity index (χ4v) is 3.27. The molecule has 0 aliphatic heterocycles. The van der Waals surface area contributed by atoms with Crippen molar-refractivity contribution in [2.45, 2.75) is 70.4 Å². The molecule has 122 valence electrons. The fourth-order valence-electron chi connectivity index (χ4n) is 3.27. The van der Waals surface area contributed by atoms with Gasteiger partial charge in [0.25, 0.3) is 0 Å². The lowest BCUT2D eigenvalue weighted by molar-refractivity contribution is -0.138. The van der Waals surface area contributed by atoms with Crippen LogP contribution in [-0.4, -0.2) is 51.8 Å². The highest BCUT2D eigenvalue weighted by atomic mass is 16.4. The van der Waals surface area contributed by atoms with Gasteiger partial charge in [-0.05, 0) is 25.7 Å². The molecule has 2 amide bonds. The number of amides is 2. The number of carbonyl (C=O) groups is 2. The van der Waals surface area contributed by atoms with Crippen LogP contribution in [-0.2, 0) is 4.79 Å². The summed E-state index contributed by atoms with van der Waals surface area (Å²) in [6, 6.07) is -0.179. The van der Waals surface area contributed by atoms with E-state index in [-0.39, 0.29) is 31.6 Å². The molecule has 0 bridgehead atoms. The Hall–Kier alpha value is -1.30. The van der Waals surface area contributed by atoms with Crippen molar-refractivity contribution in [3.05, 3.63) is 0 Å². The van der Waals surface area contributed by atoms with Gasteiger partial charge in [-0.15, -0.1) is 0 Å². The van der Waals surface area contributed by atoms with Crippen molar-refractivity contribution in [1.29, 1.82) is 0 Å². The van der Waals surface area contributed by atoms with E-state index < -0.39 is 11.5 Å². The number of aliphatic carboxylic acids is 1. The zero-order chi connectivity index (χ0) is 15.9. The number of hydrogen-bond donors (Lipinski definition) is 3. The number of urea groups is 1. The van der Waals surface area contributed by atoms with Crippen molar-refractivity contribution in [3.8, 4) is 0 Å². The summed E-state index contributed by atoms with van der Waals surface area (Å²) in [4.78, 5) is 25.3. The summed E-state index contributed by atoms with van der Waals surface area (Å²) in [5.41, 5.74) is -0.622. The van der Waals surface area contributed by atoms with E-state index in [2.05, 4.69) is 5.32 Å². The van der Waals surface area contributed by atoms with Gasteiger partial charge in [0.15, 0.2) is 0 Å². The van der Waals surface area contributed by atoms with Gasteiger partial charge in [0.05, 0.1) is 18.6 Å². The van der Waals surface area contributed by atoms with Crippen LogP contribution in [0.4, 0.5) is 4.79 Å². The van der Waals surface area contributed by atoms with Gasteiger partial charge in [0.1, 0.15) is 0 Å². The second-order valence-corrected chi connectivity index (χ2v) is 5.88. The highest BCUT2D eigenvalue weighted by molar-refractivity contribution is 5.77. The number of hydrogen-bond acceptors (Lipinski definition) is 3. The van der Waals surface area contributed by atoms with Crippen molar-refractivity contribution in [1.82, 2.24) is 10.2 Å². The molecule has 0 heterocycles. The van der Waals surface area contributed by atoms with Crippen LogP contribution in [0.15, 0.2) is 0 Å². The summed E-state index contributed by atoms with van der Waals surface area (Å²) in [7, 11) is 0. The van der Waals surface area contributed by atoms with E-state index in [1.807, 2.05) is 13.8 Å². The Morgan fingerprint density at radius 1 is 1.24 bits per heavy atom. The largest absolute Gasteiger partial charge is 0.481 e. The molecule has 6 heteroatoms. The molecule has 0 atom stereocenters. The first-order chi connectivity index (χ1) is 9.98. The average Bonchev–Trinajstić information content (AvgIpc) is 2.86. The van der Waals surface area contributed by atoms with Crippen LogP contribution in [0.5, 0.6) is 0 Å². The maximum Gasteiger partial charge on any atom is 0.318 e. The Bertz CT molecular complexity index is 350. The SMILES string of the molecule is CCC(CC)N(CCO)C(=O)NC1(CC(=O)O)CCCC1. The third-order valence-electron chi connectivity index (χ3n) is 4.41. The molecule has 0 saturated heterocycles. The maximum atomic E-state index is 12.5. The van der Waals surface area contributed by atoms with E-state index in [4.69, 9.17) is 5.11 Å². The molecule has 6 nitrogen and oxygen atoms in total. The zero-order valence-corrected chi connectivity index (χ0v) is 13.1. The number of carboxylic acids is 1. The van der Waals surface area contributed by atoms with Crippen LogP contribution in [0.2, 0.25) is 0 Å². The van der Waals surface area contributed by atoms with Crippen molar-refractivity contribution in [2.75, 3.05) is 13.2 Å². The minimum atomic E-state index is -0.881. The number of nitrogens with zero attached hydrogens (tertiary/aromatic N) is 1. The van der Waals surface area contributed by atoms with Gasteiger partial charge in [0.2, 0.25) is 0 Å². The Labute approximate surface area is 126 Å². The second kappa shape index (κ2) is 8.22. The first-order valence-electron chi connectivity index (χ1n) is 7.89. The molecule has 0 aromatic carbocycles. The summed E-state index contributed by atoms with van der Waals surface area (Å²) < 4.78 is 0. The molecular weight excluding hydrogens is 272 g/mol. The first kappa shape index (κ1) is 17.8. The van der Waals surface area contributed by atoms with E-state index >= 15 is 0 Å². The van der Waals surface area contributed by atoms with Crippen LogP contribution >= 0.6 is 0 Å². The Morgan fingerprint density at radius 3 is 2.24 bits per heavy atom. The standard InChI is InChI=1S/C15H28N2O4/c1-3-12(4-2)17(9-10-18)14(21)16-15(11-13(19)20)7-5-6-8-15/h12,18H,3-11H2,1-2H3,(H,16,21)(H,19,20). The summed E-state index contributed by atoms with van der Waals surface area (Å²) in [6.07, 6.45) is 4.90. The highest BCUT2D eigenvalue weighted by Crippen LogP contribution is 2.33. The van der Waals surface area contributed by atoms with E-state index in [1.54, 1.807) is 4.90 Å². The first-order valence-corrected chi connectivity index (χ1v) is 7.89. The summed E-state index contributed by atoms with van der Waals surface area (Å²) in [5, 5.41) is 21.2. The molecule has 0 radical (unpaired) electrons. The third-order valence-corrected chi connectivity index (χ3v) is 4.41. The van der Waals surface area contributed by atoms with Gasteiger partial charge in [-0.2, -0.15) is 0 Å². The van der Waals surface area contributed by atoms with Gasteiger partial charge in [-0.1, -0.05) is 26.7 Å². The zero-order valence-electron chi connectivity index (χ0n) is 13.1. The molecule has 1 saturated carbocycles. The number of nitrogens with one attached hydrogen (secondary N) is 1. The van der Waals surface area contributed by atoms with Gasteiger partial charge in [-0.3, -0.25) is 4.79 Å². The average molecular weight is 300 g/mol. The predicted molar refractivity (Wildman–Crippen MR) is 80.1 cm³/mol. The molecule has 21 heavy (non-hydrogen) atoms. The predicted octanol–water partition coefficient (Wildman–Crippen LogP) is 1.97. The Kier molecular flexibility index (Phi) is 6.95. The highest BCUT2D eigenvalue weighted by Gasteiger charge is 2.39. The number of aliphatic hydroxyl groups excluding tert-OH is 1. The van der Waals surface area contributed by atoms with Crippen molar-refractivity contribution in [2.24, 2.45) is 0 Å². The summed E-state index contributed by atoms with van der Waals surface area (Å²) >= 11 is 0. The lowest BCUT2D eigenvalue weighted by atomic mass is 9.93. The van der Waals surface area contributed by atoms with Gasteiger partial charge < -0.3 is 20.4 Å². The number of carbonyl (C=O) groups excluding carboxylic acids is 1. The number of carboxylic acid groups (broad SMARTS) is 1. The lowest BCUT2D eigenvalue weighted by Gasteiger charge is -2.35. The van der Waals surface area contributed by atoms with Crippen LogP contribution < -0.4 is 5.32 Å². The summed E-state index contributed by atoms with van der Waals surface area (Å²) in [5.74, 6) is -0.881. The van der Waals surface area contributed by atoms with E-state index in [9.17, 15) is 14.7 Å². The number of aliphatic hydroxyl groups is 1. The van der Waals surface area contributed by atoms with Gasteiger partial charge in [-0.25, -0.2) is 4.79 Å². The van der Waals surface area contributed by atoms with Crippen molar-refractivity contribution >= 4 is 12.0 Å². The topological polar surface area (TPSA) is 89.9 Å². The van der Waals surface area contributed by atoms with Crippen LogP contribution in [0.3, 0.4) is 0 Å². The number of rotatable bonds is 8. The molecular formula is C15H28N2O4. The minimum Gasteiger partial charge on any atom is -0.481 e. The van der Waals surface area contributed by atoms with Crippen LogP contribution in [0, 0.1) is 0 Å². The third kappa shape index (κ3) is 4.88. The Balaban J connectivity index is 2.80. The van der Waals surface area contributed by atoms with E-state index in [0.29, 0.717) is 12.8 Å². The van der Waals surface area contributed by atoms with Crippen molar-refractivity contribution in [3.63, 3.8) is 0 Å². The smallest absolute Gasteiger partial charge is 0.318 e. The minimum absolute atomic E-state index is 0.0331. The molecule has 0 aromatic rings. The van der Waals surface area contributed by atoms with Crippen LogP contribution in [0.25, 0.3) is 0 Å². The quantitative estimate of drug-likeness (QED) is 0.639. The maximum absolute atomic E-state index is 12.5. The van der Waals surface area contributed by atoms with E-state index in [0.717, 1.165) is 25.7 Å². The lowest BCUT2D eigenvalue weighted by Crippen LogP contribution is -2.55. The summed E-state index contributed by atoms with van der Waals surface area (Å²) in [6.45, 7) is 4.21. The molecule has 1 aliphatic rings. The second-order valence-electron chi connectivity index (χ2n) is 5.88. The molecule has 1 fully saturated rings. The molecule has 0 spiro atoms. The molecule has 3 N–H and O–H groups in total. The van der Waals surface area contributed by atoms with Gasteiger partial charge in [0, 0.05) is 12.6 Å². The van der Waals surface area contributed by atoms with Crippen molar-refractivity contribution < 1.29 is 19.8 Å². The normalized spacial score (nSPS) is 17.0. The fraction of sp³-hybridized carbons (Fsp3) is 0.867. The molecule has 1 aliphatic carbocycles. The van der Waals surface area contributed by atoms with E-state index in [1.165, 1.54) is 0 Å².